The Morgan fingerprint density at radius 2 is 2.16 bits per heavy atom. The lowest BCUT2D eigenvalue weighted by Crippen LogP contribution is -2.44. The second-order valence-electron chi connectivity index (χ2n) is 5.06. The van der Waals surface area contributed by atoms with Gasteiger partial charge in [-0.25, -0.2) is 8.42 Å². The van der Waals surface area contributed by atoms with Crippen LogP contribution in [0, 0.1) is 6.92 Å². The first-order valence-electron chi connectivity index (χ1n) is 6.36. The SMILES string of the molecule is Cc1cc(Br)c2c(c1)S(=O)(=O)CC(C)N2CCCN. The molecule has 0 aliphatic carbocycles. The number of sulfone groups is 1. The highest BCUT2D eigenvalue weighted by atomic mass is 79.9. The maximum absolute atomic E-state index is 12.3. The highest BCUT2D eigenvalue weighted by Crippen LogP contribution is 2.40. The van der Waals surface area contributed by atoms with Crippen LogP contribution in [-0.4, -0.2) is 33.3 Å². The third-order valence-electron chi connectivity index (χ3n) is 3.39. The standard InChI is InChI=1S/C13H19BrN2O2S/c1-9-6-11(14)13-12(7-9)19(17,18)8-10(2)16(13)5-3-4-15/h6-7,10H,3-5,8,15H2,1-2H3. The van der Waals surface area contributed by atoms with Crippen molar-refractivity contribution in [3.63, 3.8) is 0 Å². The van der Waals surface area contributed by atoms with Crippen molar-refractivity contribution in [3.8, 4) is 0 Å². The van der Waals surface area contributed by atoms with E-state index in [0.29, 0.717) is 11.4 Å². The first-order valence-corrected chi connectivity index (χ1v) is 8.81. The number of rotatable bonds is 3. The summed E-state index contributed by atoms with van der Waals surface area (Å²) in [5.74, 6) is 0.167. The minimum absolute atomic E-state index is 0.0249. The molecule has 0 bridgehead atoms. The zero-order valence-electron chi connectivity index (χ0n) is 11.2. The molecule has 1 aliphatic heterocycles. The number of hydrogen-bond donors (Lipinski definition) is 1. The van der Waals surface area contributed by atoms with Crippen LogP contribution in [0.15, 0.2) is 21.5 Å². The fourth-order valence-corrected chi connectivity index (χ4v) is 5.35. The maximum atomic E-state index is 12.3. The Balaban J connectivity index is 2.59. The van der Waals surface area contributed by atoms with E-state index in [4.69, 9.17) is 5.73 Å². The van der Waals surface area contributed by atoms with Gasteiger partial charge in [0.2, 0.25) is 0 Å². The van der Waals surface area contributed by atoms with Crippen LogP contribution in [0.1, 0.15) is 18.9 Å². The van der Waals surface area contributed by atoms with Gasteiger partial charge in [0, 0.05) is 17.1 Å². The summed E-state index contributed by atoms with van der Waals surface area (Å²) < 4.78 is 25.5. The lowest BCUT2D eigenvalue weighted by atomic mass is 10.1. The van der Waals surface area contributed by atoms with E-state index in [9.17, 15) is 8.42 Å². The van der Waals surface area contributed by atoms with Gasteiger partial charge in [-0.2, -0.15) is 0 Å². The summed E-state index contributed by atoms with van der Waals surface area (Å²) in [4.78, 5) is 2.58. The van der Waals surface area contributed by atoms with E-state index in [1.165, 1.54) is 0 Å². The quantitative estimate of drug-likeness (QED) is 0.910. The molecule has 1 aromatic rings. The molecule has 2 N–H and O–H groups in total. The minimum atomic E-state index is -3.20. The molecule has 1 aromatic carbocycles. The Hall–Kier alpha value is -0.590. The molecule has 6 heteroatoms. The number of fused-ring (bicyclic) bond motifs is 1. The molecule has 0 fully saturated rings. The van der Waals surface area contributed by atoms with Gasteiger partial charge < -0.3 is 10.6 Å². The lowest BCUT2D eigenvalue weighted by molar-refractivity contribution is 0.568. The van der Waals surface area contributed by atoms with E-state index >= 15 is 0 Å². The van der Waals surface area contributed by atoms with Crippen LogP contribution in [0.2, 0.25) is 0 Å². The molecule has 0 amide bonds. The van der Waals surface area contributed by atoms with Gasteiger partial charge in [0.1, 0.15) is 0 Å². The largest absolute Gasteiger partial charge is 0.366 e. The number of benzene rings is 1. The Labute approximate surface area is 123 Å². The number of nitrogens with two attached hydrogens (primary N) is 1. The third kappa shape index (κ3) is 2.80. The predicted octanol–water partition coefficient (Wildman–Crippen LogP) is 2.09. The van der Waals surface area contributed by atoms with Crippen LogP contribution in [-0.2, 0) is 9.84 Å². The molecule has 0 saturated heterocycles. The summed E-state index contributed by atoms with van der Waals surface area (Å²) in [5, 5.41) is 0. The van der Waals surface area contributed by atoms with Gasteiger partial charge in [-0.05, 0) is 60.4 Å². The number of aryl methyl sites for hydroxylation is 1. The van der Waals surface area contributed by atoms with Gasteiger partial charge in [-0.15, -0.1) is 0 Å². The van der Waals surface area contributed by atoms with Crippen molar-refractivity contribution in [2.24, 2.45) is 5.73 Å². The predicted molar refractivity (Wildman–Crippen MR) is 81.4 cm³/mol. The van der Waals surface area contributed by atoms with Gasteiger partial charge in [-0.3, -0.25) is 0 Å². The van der Waals surface area contributed by atoms with Gasteiger partial charge in [0.25, 0.3) is 0 Å². The second-order valence-corrected chi connectivity index (χ2v) is 7.92. The van der Waals surface area contributed by atoms with Crippen LogP contribution in [0.25, 0.3) is 0 Å². The second kappa shape index (κ2) is 5.42. The van der Waals surface area contributed by atoms with Crippen LogP contribution in [0.5, 0.6) is 0 Å². The Morgan fingerprint density at radius 1 is 1.47 bits per heavy atom. The van der Waals surface area contributed by atoms with Crippen molar-refractivity contribution >= 4 is 31.5 Å². The molecule has 0 radical (unpaired) electrons. The van der Waals surface area contributed by atoms with Crippen molar-refractivity contribution in [3.05, 3.63) is 22.2 Å². The van der Waals surface area contributed by atoms with Gasteiger partial charge in [0.05, 0.1) is 16.3 Å². The zero-order chi connectivity index (χ0) is 14.2. The number of hydrogen-bond acceptors (Lipinski definition) is 4. The topological polar surface area (TPSA) is 63.4 Å². The first-order chi connectivity index (χ1) is 8.86. The molecule has 1 atom stereocenters. The Bertz CT molecular complexity index is 587. The number of nitrogens with zero attached hydrogens (tertiary/aromatic N) is 1. The summed E-state index contributed by atoms with van der Waals surface area (Å²) >= 11 is 3.51. The average molecular weight is 347 g/mol. The summed E-state index contributed by atoms with van der Waals surface area (Å²) in [5.41, 5.74) is 7.31. The average Bonchev–Trinajstić information content (AvgIpc) is 2.29. The molecule has 0 spiro atoms. The van der Waals surface area contributed by atoms with Crippen molar-refractivity contribution < 1.29 is 8.42 Å². The zero-order valence-corrected chi connectivity index (χ0v) is 13.6. The van der Waals surface area contributed by atoms with E-state index in [2.05, 4.69) is 20.8 Å². The Kier molecular flexibility index (Phi) is 4.23. The molecule has 0 saturated carbocycles. The van der Waals surface area contributed by atoms with Crippen molar-refractivity contribution in [1.29, 1.82) is 0 Å². The normalized spacial score (nSPS) is 21.3. The third-order valence-corrected chi connectivity index (χ3v) is 5.90. The van der Waals surface area contributed by atoms with Crippen LogP contribution in [0.3, 0.4) is 0 Å². The number of halogens is 1. The molecule has 1 heterocycles. The lowest BCUT2D eigenvalue weighted by Gasteiger charge is -2.37. The highest BCUT2D eigenvalue weighted by molar-refractivity contribution is 9.10. The van der Waals surface area contributed by atoms with Gasteiger partial charge in [-0.1, -0.05) is 0 Å². The van der Waals surface area contributed by atoms with E-state index in [1.54, 1.807) is 6.07 Å². The van der Waals surface area contributed by atoms with Crippen LogP contribution < -0.4 is 10.6 Å². The molecule has 4 nitrogen and oxygen atoms in total. The van der Waals surface area contributed by atoms with E-state index in [-0.39, 0.29) is 11.8 Å². The minimum Gasteiger partial charge on any atom is -0.366 e. The molecular formula is C13H19BrN2O2S. The molecule has 106 valence electrons. The molecular weight excluding hydrogens is 328 g/mol. The smallest absolute Gasteiger partial charge is 0.182 e. The van der Waals surface area contributed by atoms with Gasteiger partial charge >= 0.3 is 0 Å². The molecule has 1 aliphatic rings. The molecule has 0 aromatic heterocycles. The summed E-state index contributed by atoms with van der Waals surface area (Å²) in [7, 11) is -3.20. The van der Waals surface area contributed by atoms with Gasteiger partial charge in [0.15, 0.2) is 9.84 Å². The van der Waals surface area contributed by atoms with E-state index < -0.39 is 9.84 Å². The van der Waals surface area contributed by atoms with Crippen molar-refractivity contribution in [2.45, 2.75) is 31.2 Å². The highest BCUT2D eigenvalue weighted by Gasteiger charge is 2.34. The van der Waals surface area contributed by atoms with Crippen LogP contribution >= 0.6 is 15.9 Å². The fraction of sp³-hybridized carbons (Fsp3) is 0.538. The summed E-state index contributed by atoms with van der Waals surface area (Å²) in [6.45, 7) is 5.24. The first kappa shape index (κ1) is 14.8. The molecule has 2 rings (SSSR count). The van der Waals surface area contributed by atoms with E-state index in [0.717, 1.165) is 28.7 Å². The molecule has 19 heavy (non-hydrogen) atoms. The fourth-order valence-electron chi connectivity index (χ4n) is 2.53. The summed E-state index contributed by atoms with van der Waals surface area (Å²) in [6, 6.07) is 3.70. The van der Waals surface area contributed by atoms with Crippen molar-refractivity contribution in [1.82, 2.24) is 0 Å². The molecule has 1 unspecified atom stereocenters. The summed E-state index contributed by atoms with van der Waals surface area (Å²) in [6.07, 6.45) is 0.851. The van der Waals surface area contributed by atoms with Crippen LogP contribution in [0.4, 0.5) is 5.69 Å². The maximum Gasteiger partial charge on any atom is 0.182 e. The van der Waals surface area contributed by atoms with Crippen molar-refractivity contribution in [2.75, 3.05) is 23.7 Å². The number of anilines is 1. The van der Waals surface area contributed by atoms with E-state index in [1.807, 2.05) is 19.9 Å². The Morgan fingerprint density at radius 3 is 2.79 bits per heavy atom. The monoisotopic (exact) mass is 346 g/mol.